The summed E-state index contributed by atoms with van der Waals surface area (Å²) in [6.45, 7) is 14.2. The summed E-state index contributed by atoms with van der Waals surface area (Å²) in [5.74, 6) is 2.42. The number of anilines is 4. The van der Waals surface area contributed by atoms with Crippen molar-refractivity contribution in [3.63, 3.8) is 0 Å². The number of ether oxygens (including phenoxy) is 1. The summed E-state index contributed by atoms with van der Waals surface area (Å²) < 4.78 is 9.03. The lowest BCUT2D eigenvalue weighted by Gasteiger charge is -2.27. The van der Waals surface area contributed by atoms with Gasteiger partial charge in [0.1, 0.15) is 24.0 Å². The van der Waals surface area contributed by atoms with Gasteiger partial charge in [0, 0.05) is 51.3 Å². The second-order valence-corrected chi connectivity index (χ2v) is 17.5. The Kier molecular flexibility index (Phi) is 9.29. The van der Waals surface area contributed by atoms with E-state index in [0.717, 1.165) is 39.4 Å². The first-order chi connectivity index (χ1) is 29.6. The molecule has 3 heterocycles. The zero-order valence-electron chi connectivity index (χ0n) is 35.7. The van der Waals surface area contributed by atoms with E-state index in [9.17, 15) is 0 Å². The average molecular weight is 795 g/mol. The van der Waals surface area contributed by atoms with Gasteiger partial charge in [-0.15, -0.1) is 0 Å². The van der Waals surface area contributed by atoms with E-state index < -0.39 is 0 Å². The highest BCUT2D eigenvalue weighted by molar-refractivity contribution is 6.09. The number of fused-ring (bicyclic) bond motifs is 4. The van der Waals surface area contributed by atoms with Crippen LogP contribution in [0.15, 0.2) is 182 Å². The van der Waals surface area contributed by atoms with Crippen molar-refractivity contribution in [2.45, 2.75) is 52.4 Å². The van der Waals surface area contributed by atoms with Gasteiger partial charge < -0.3 is 14.5 Å². The quantitative estimate of drug-likeness (QED) is 0.146. The van der Waals surface area contributed by atoms with Crippen LogP contribution in [-0.2, 0) is 10.8 Å². The highest BCUT2D eigenvalue weighted by Gasteiger charge is 2.30. The van der Waals surface area contributed by atoms with Crippen molar-refractivity contribution in [2.24, 2.45) is 0 Å². The van der Waals surface area contributed by atoms with Crippen molar-refractivity contribution >= 4 is 44.6 Å². The lowest BCUT2D eigenvalue weighted by molar-refractivity contribution is 0.483. The molecule has 0 atom stereocenters. The molecule has 2 aromatic heterocycles. The molecule has 61 heavy (non-hydrogen) atoms. The predicted molar refractivity (Wildman–Crippen MR) is 254 cm³/mol. The zero-order valence-corrected chi connectivity index (χ0v) is 35.7. The van der Waals surface area contributed by atoms with E-state index in [1.165, 1.54) is 55.8 Å². The largest absolute Gasteiger partial charge is 0.457 e. The van der Waals surface area contributed by atoms with Crippen molar-refractivity contribution in [3.8, 4) is 17.3 Å². The minimum absolute atomic E-state index is 0.105. The number of aryl methyl sites for hydroxylation is 2. The van der Waals surface area contributed by atoms with Crippen molar-refractivity contribution in [2.75, 3.05) is 16.5 Å². The Hall–Kier alpha value is -7.11. The van der Waals surface area contributed by atoms with Crippen molar-refractivity contribution in [1.82, 2.24) is 9.55 Å². The molecule has 10 rings (SSSR count). The molecule has 0 N–H and O–H groups in total. The number of nitrogens with zero attached hydrogens (tertiary/aromatic N) is 4. The second kappa shape index (κ2) is 14.9. The number of hydrogen-bond acceptors (Lipinski definition) is 4. The van der Waals surface area contributed by atoms with Crippen LogP contribution in [0.5, 0.6) is 11.5 Å². The van der Waals surface area contributed by atoms with Crippen LogP contribution in [0.4, 0.5) is 22.7 Å². The van der Waals surface area contributed by atoms with Gasteiger partial charge in [-0.1, -0.05) is 125 Å². The fraction of sp³-hybridized carbons (Fsp3) is 0.161. The molecular formula is C56H50N4O. The summed E-state index contributed by atoms with van der Waals surface area (Å²) in [4.78, 5) is 9.77. The summed E-state index contributed by atoms with van der Waals surface area (Å²) in [5, 5.41) is 2.33. The molecular weight excluding hydrogens is 745 g/mol. The maximum atomic E-state index is 6.76. The van der Waals surface area contributed by atoms with E-state index in [4.69, 9.17) is 9.72 Å². The van der Waals surface area contributed by atoms with Gasteiger partial charge in [0.15, 0.2) is 0 Å². The molecule has 0 unspecified atom stereocenters. The van der Waals surface area contributed by atoms with Crippen molar-refractivity contribution in [1.29, 1.82) is 0 Å². The Morgan fingerprint density at radius 2 is 1.03 bits per heavy atom. The summed E-state index contributed by atoms with van der Waals surface area (Å²) in [6.07, 6.45) is 1.93. The molecule has 0 amide bonds. The molecule has 300 valence electrons. The van der Waals surface area contributed by atoms with Gasteiger partial charge >= 0.3 is 0 Å². The van der Waals surface area contributed by atoms with Gasteiger partial charge in [-0.25, -0.2) is 4.98 Å². The van der Waals surface area contributed by atoms with Crippen LogP contribution >= 0.6 is 0 Å². The van der Waals surface area contributed by atoms with E-state index in [1.54, 1.807) is 0 Å². The maximum absolute atomic E-state index is 6.76. The fourth-order valence-electron chi connectivity index (χ4n) is 9.10. The Morgan fingerprint density at radius 1 is 0.459 bits per heavy atom. The third kappa shape index (κ3) is 6.71. The molecule has 5 nitrogen and oxygen atoms in total. The number of benzene rings is 7. The molecule has 0 saturated heterocycles. The Balaban J connectivity index is 0.977. The van der Waals surface area contributed by atoms with E-state index in [0.29, 0.717) is 6.67 Å². The molecule has 5 heteroatoms. The lowest BCUT2D eigenvalue weighted by atomic mass is 9.78. The summed E-state index contributed by atoms with van der Waals surface area (Å²) in [5.41, 5.74) is 14.1. The summed E-state index contributed by atoms with van der Waals surface area (Å²) in [6, 6.07) is 63.0. The Labute approximate surface area is 359 Å². The molecule has 7 aromatic carbocycles. The normalized spacial score (nSPS) is 13.0. The number of para-hydroxylation sites is 1. The van der Waals surface area contributed by atoms with Gasteiger partial charge in [0.2, 0.25) is 0 Å². The molecule has 1 aliphatic rings. The molecule has 0 saturated carbocycles. The summed E-state index contributed by atoms with van der Waals surface area (Å²) >= 11 is 0. The molecule has 0 spiro atoms. The highest BCUT2D eigenvalue weighted by Crippen LogP contribution is 2.47. The van der Waals surface area contributed by atoms with E-state index in [1.807, 2.05) is 12.3 Å². The van der Waals surface area contributed by atoms with Gasteiger partial charge in [-0.2, -0.15) is 0 Å². The number of pyridine rings is 1. The van der Waals surface area contributed by atoms with Gasteiger partial charge in [-0.3, -0.25) is 4.57 Å². The first-order valence-electron chi connectivity index (χ1n) is 21.2. The molecule has 0 bridgehead atoms. The monoisotopic (exact) mass is 794 g/mol. The third-order valence-electron chi connectivity index (χ3n) is 13.1. The van der Waals surface area contributed by atoms with Crippen LogP contribution in [0.1, 0.15) is 61.1 Å². The molecule has 0 radical (unpaired) electrons. The number of hydrogen-bond donors (Lipinski definition) is 0. The van der Waals surface area contributed by atoms with Gasteiger partial charge in [0.05, 0.1) is 22.4 Å². The maximum Gasteiger partial charge on any atom is 0.137 e. The van der Waals surface area contributed by atoms with Crippen LogP contribution in [0.2, 0.25) is 0 Å². The van der Waals surface area contributed by atoms with Crippen LogP contribution < -0.4 is 14.5 Å². The molecule has 0 aliphatic carbocycles. The first kappa shape index (κ1) is 38.1. The fourth-order valence-corrected chi connectivity index (χ4v) is 9.10. The zero-order chi connectivity index (χ0) is 41.9. The molecule has 9 aromatic rings. The van der Waals surface area contributed by atoms with E-state index in [2.05, 4.69) is 226 Å². The van der Waals surface area contributed by atoms with Gasteiger partial charge in [0.25, 0.3) is 0 Å². The SMILES string of the molecule is Cc1cc2c(cc1C)N(c1cccc(Oc3ccc4c5ccccc5n(-c5cc(C(C)(C)c6ccccc6)ccn5)c4c3)c1)CN2c1ccc(C(C)(C)c2ccccc2)cc1. The second-order valence-electron chi connectivity index (χ2n) is 17.5. The third-order valence-corrected chi connectivity index (χ3v) is 13.1. The molecule has 1 aliphatic heterocycles. The minimum atomic E-state index is -0.203. The Morgan fingerprint density at radius 3 is 1.72 bits per heavy atom. The standard InChI is InChI=1S/C56H50N4O/c1-38-32-52-53(33-39(38)2)59(37-58(52)44-26-24-42(25-27-44)55(3,4)40-16-9-7-10-17-40)45-20-15-21-46(35-45)61-47-28-29-49-48-22-13-14-23-50(48)60(51(49)36-47)54-34-43(30-31-57-54)56(5,6)41-18-11-8-12-19-41/h7-36H,37H2,1-6H3. The lowest BCUT2D eigenvalue weighted by Crippen LogP contribution is -2.24. The van der Waals surface area contributed by atoms with Crippen LogP contribution in [0.3, 0.4) is 0 Å². The number of aromatic nitrogens is 2. The topological polar surface area (TPSA) is 33.5 Å². The predicted octanol–water partition coefficient (Wildman–Crippen LogP) is 14.5. The van der Waals surface area contributed by atoms with E-state index in [-0.39, 0.29) is 10.8 Å². The van der Waals surface area contributed by atoms with Crippen LogP contribution in [0, 0.1) is 13.8 Å². The smallest absolute Gasteiger partial charge is 0.137 e. The van der Waals surface area contributed by atoms with Crippen LogP contribution in [-0.4, -0.2) is 16.2 Å². The van der Waals surface area contributed by atoms with Gasteiger partial charge in [-0.05, 0) is 114 Å². The number of rotatable bonds is 9. The first-order valence-corrected chi connectivity index (χ1v) is 21.2. The minimum Gasteiger partial charge on any atom is -0.457 e. The molecule has 0 fully saturated rings. The highest BCUT2D eigenvalue weighted by atomic mass is 16.5. The summed E-state index contributed by atoms with van der Waals surface area (Å²) in [7, 11) is 0. The van der Waals surface area contributed by atoms with Crippen LogP contribution in [0.25, 0.3) is 27.6 Å². The Bertz CT molecular complexity index is 3060. The van der Waals surface area contributed by atoms with E-state index >= 15 is 0 Å². The van der Waals surface area contributed by atoms with Crippen molar-refractivity contribution < 1.29 is 4.74 Å². The van der Waals surface area contributed by atoms with Crippen molar-refractivity contribution in [3.05, 3.63) is 216 Å². The average Bonchev–Trinajstić information content (AvgIpc) is 3.82.